The minimum Gasteiger partial charge on any atom is -0.466 e. The van der Waals surface area contributed by atoms with Crippen molar-refractivity contribution in [2.24, 2.45) is 4.99 Å². The number of amides is 2. The molecule has 246 valence electrons. The number of benzene rings is 2. The average Bonchev–Trinajstić information content (AvgIpc) is 3.85. The third kappa shape index (κ3) is 6.12. The first-order valence-electron chi connectivity index (χ1n) is 15.1. The van der Waals surface area contributed by atoms with Crippen LogP contribution < -0.4 is 10.2 Å². The molecule has 0 saturated carbocycles. The molecule has 4 aromatic rings. The second-order valence-corrected chi connectivity index (χ2v) is 13.7. The maximum atomic E-state index is 14.0. The molecule has 0 spiro atoms. The molecule has 3 aliphatic heterocycles. The van der Waals surface area contributed by atoms with Crippen LogP contribution in [0.2, 0.25) is 5.02 Å². The number of aromatic nitrogens is 2. The zero-order valence-electron chi connectivity index (χ0n) is 25.9. The largest absolute Gasteiger partial charge is 0.466 e. The van der Waals surface area contributed by atoms with Gasteiger partial charge < -0.3 is 15.0 Å². The number of nitrogens with zero attached hydrogens (tertiary/aromatic N) is 6. The van der Waals surface area contributed by atoms with Crippen LogP contribution in [0.25, 0.3) is 11.3 Å². The highest BCUT2D eigenvalue weighted by Gasteiger charge is 2.43. The monoisotopic (exact) mass is 705 g/mol. The third-order valence-electron chi connectivity index (χ3n) is 8.55. The maximum absolute atomic E-state index is 14.0. The van der Waals surface area contributed by atoms with Crippen molar-refractivity contribution in [3.05, 3.63) is 97.7 Å². The molecule has 2 aromatic heterocycles. The van der Waals surface area contributed by atoms with E-state index in [2.05, 4.69) is 15.2 Å². The molecule has 0 aliphatic carbocycles. The fourth-order valence-electron chi connectivity index (χ4n) is 6.16. The summed E-state index contributed by atoms with van der Waals surface area (Å²) in [5.41, 5.74) is 3.54. The van der Waals surface area contributed by atoms with E-state index in [1.54, 1.807) is 23.2 Å². The van der Waals surface area contributed by atoms with Gasteiger partial charge in [0.05, 0.1) is 31.0 Å². The SMILES string of the molecule is COC(=O)C1=C(CN2CCN3C(=O)N(c4nc(-c5ccc(C(C)=O)cc5)cs4)C[C@@H]3C2)NC(c2nccs2)=N[C@H]1c1ccc(F)cc1Cl. The Kier molecular flexibility index (Phi) is 8.81. The van der Waals surface area contributed by atoms with E-state index < -0.39 is 17.8 Å². The van der Waals surface area contributed by atoms with Gasteiger partial charge in [-0.2, -0.15) is 0 Å². The number of halogens is 2. The Bertz CT molecular complexity index is 1960. The predicted molar refractivity (Wildman–Crippen MR) is 182 cm³/mol. The summed E-state index contributed by atoms with van der Waals surface area (Å²) < 4.78 is 19.2. The molecule has 5 heterocycles. The van der Waals surface area contributed by atoms with Crippen LogP contribution in [0.4, 0.5) is 14.3 Å². The van der Waals surface area contributed by atoms with Crippen molar-refractivity contribution < 1.29 is 23.5 Å². The molecule has 11 nitrogen and oxygen atoms in total. The summed E-state index contributed by atoms with van der Waals surface area (Å²) in [4.78, 5) is 58.3. The summed E-state index contributed by atoms with van der Waals surface area (Å²) in [6.07, 6.45) is 1.67. The van der Waals surface area contributed by atoms with E-state index in [1.165, 1.54) is 54.9 Å². The lowest BCUT2D eigenvalue weighted by molar-refractivity contribution is -0.136. The number of methoxy groups -OCH3 is 1. The van der Waals surface area contributed by atoms with Crippen molar-refractivity contribution in [1.82, 2.24) is 25.1 Å². The van der Waals surface area contributed by atoms with Crippen LogP contribution in [0.15, 0.2) is 75.7 Å². The second kappa shape index (κ2) is 13.2. The summed E-state index contributed by atoms with van der Waals surface area (Å²) in [5.74, 6) is -0.618. The summed E-state index contributed by atoms with van der Waals surface area (Å²) in [6.45, 7) is 3.93. The normalized spacial score (nSPS) is 19.7. The second-order valence-electron chi connectivity index (χ2n) is 11.5. The number of anilines is 1. The van der Waals surface area contributed by atoms with Gasteiger partial charge in [-0.15, -0.1) is 22.7 Å². The molecule has 0 unspecified atom stereocenters. The molecule has 0 radical (unpaired) electrons. The Morgan fingerprint density at radius 2 is 1.94 bits per heavy atom. The minimum absolute atomic E-state index is 0.00357. The number of aliphatic imine (C=N–C) groups is 1. The Balaban J connectivity index is 1.13. The van der Waals surface area contributed by atoms with Gasteiger partial charge in [-0.3, -0.25) is 19.6 Å². The Morgan fingerprint density at radius 1 is 1.12 bits per heavy atom. The third-order valence-corrected chi connectivity index (χ3v) is 10.5. The first-order chi connectivity index (χ1) is 23.2. The Labute approximate surface area is 288 Å². The lowest BCUT2D eigenvalue weighted by Gasteiger charge is -2.38. The minimum atomic E-state index is -0.858. The number of ketones is 1. The van der Waals surface area contributed by atoms with Gasteiger partial charge in [0.25, 0.3) is 0 Å². The highest BCUT2D eigenvalue weighted by molar-refractivity contribution is 7.14. The van der Waals surface area contributed by atoms with Crippen LogP contribution in [-0.2, 0) is 9.53 Å². The van der Waals surface area contributed by atoms with Gasteiger partial charge >= 0.3 is 12.0 Å². The number of esters is 1. The fourth-order valence-corrected chi connectivity index (χ4v) is 7.86. The van der Waals surface area contributed by atoms with Crippen LogP contribution in [0.5, 0.6) is 0 Å². The molecule has 2 atom stereocenters. The van der Waals surface area contributed by atoms with E-state index in [0.29, 0.717) is 65.5 Å². The number of fused-ring (bicyclic) bond motifs is 1. The van der Waals surface area contributed by atoms with Crippen molar-refractivity contribution in [3.63, 3.8) is 0 Å². The molecule has 2 saturated heterocycles. The standard InChI is InChI=1S/C33H29ClFN7O4S2/c1-18(43)19-3-5-20(6-4-19)26-17-48-32(38-26)42-15-22-14-40(10-11-41(22)33(42)45)16-25-27(31(44)46-2)28(23-8-7-21(35)13-24(23)34)39-29(37-25)30-36-9-12-47-30/h3-9,12-13,17,22,28H,10-11,14-16H2,1-2H3,(H,37,39)/t22-,28-/m0/s1. The predicted octanol–water partition coefficient (Wildman–Crippen LogP) is 5.41. The topological polar surface area (TPSA) is 120 Å². The Morgan fingerprint density at radius 3 is 2.65 bits per heavy atom. The number of urea groups is 1. The van der Waals surface area contributed by atoms with Gasteiger partial charge in [-0.05, 0) is 19.1 Å². The highest BCUT2D eigenvalue weighted by atomic mass is 35.5. The number of hydrogen-bond acceptors (Lipinski definition) is 11. The van der Waals surface area contributed by atoms with Crippen LogP contribution in [0, 0.1) is 5.82 Å². The van der Waals surface area contributed by atoms with E-state index in [-0.39, 0.29) is 28.5 Å². The van der Waals surface area contributed by atoms with E-state index in [9.17, 15) is 18.8 Å². The quantitative estimate of drug-likeness (QED) is 0.191. The number of ether oxygens (including phenoxy) is 1. The van der Waals surface area contributed by atoms with Crippen molar-refractivity contribution in [2.45, 2.75) is 19.0 Å². The number of Topliss-reactive ketones (excluding diaryl/α,β-unsaturated/α-hetero) is 1. The molecule has 2 fully saturated rings. The molecule has 0 bridgehead atoms. The molecule has 3 aliphatic rings. The number of nitrogens with one attached hydrogen (secondary N) is 1. The van der Waals surface area contributed by atoms with Gasteiger partial charge in [0.2, 0.25) is 0 Å². The van der Waals surface area contributed by atoms with Crippen LogP contribution in [0.1, 0.15) is 33.9 Å². The lowest BCUT2D eigenvalue weighted by Crippen LogP contribution is -2.53. The Hall–Kier alpha value is -4.50. The molecule has 7 rings (SSSR count). The molecular weight excluding hydrogens is 677 g/mol. The summed E-state index contributed by atoms with van der Waals surface area (Å²) in [6, 6.07) is 10.2. The van der Waals surface area contributed by atoms with Gasteiger partial charge in [-0.25, -0.2) is 23.9 Å². The molecule has 1 N–H and O–H groups in total. The molecular formula is C33H29ClFN7O4S2. The van der Waals surface area contributed by atoms with Crippen molar-refractivity contribution in [3.8, 4) is 11.3 Å². The number of carbonyl (C=O) groups excluding carboxylic acids is 3. The summed E-state index contributed by atoms with van der Waals surface area (Å²) in [7, 11) is 1.30. The molecule has 2 amide bonds. The smallest absolute Gasteiger partial charge is 0.338 e. The van der Waals surface area contributed by atoms with Crippen molar-refractivity contribution in [1.29, 1.82) is 0 Å². The molecule has 2 aromatic carbocycles. The number of rotatable bonds is 8. The number of hydrogen-bond donors (Lipinski definition) is 1. The molecule has 15 heteroatoms. The molecule has 48 heavy (non-hydrogen) atoms. The van der Waals surface area contributed by atoms with Crippen LogP contribution in [-0.4, -0.2) is 89.3 Å². The fraction of sp³-hybridized carbons (Fsp3) is 0.273. The number of amidine groups is 1. The number of thiazole rings is 2. The van der Waals surface area contributed by atoms with Crippen molar-refractivity contribution >= 4 is 63.0 Å². The van der Waals surface area contributed by atoms with Crippen LogP contribution in [0.3, 0.4) is 0 Å². The first kappa shape index (κ1) is 32.1. The lowest BCUT2D eigenvalue weighted by atomic mass is 9.95. The first-order valence-corrected chi connectivity index (χ1v) is 17.2. The highest BCUT2D eigenvalue weighted by Crippen LogP contribution is 2.37. The van der Waals surface area contributed by atoms with E-state index in [4.69, 9.17) is 26.3 Å². The zero-order valence-corrected chi connectivity index (χ0v) is 28.2. The number of carbonyl (C=O) groups is 3. The van der Waals surface area contributed by atoms with E-state index >= 15 is 0 Å². The number of piperazine rings is 1. The van der Waals surface area contributed by atoms with Crippen molar-refractivity contribution in [2.75, 3.05) is 44.7 Å². The zero-order chi connectivity index (χ0) is 33.5. The van der Waals surface area contributed by atoms with Gasteiger partial charge in [0, 0.05) is 70.5 Å². The van der Waals surface area contributed by atoms with E-state index in [0.717, 1.165) is 11.3 Å². The van der Waals surface area contributed by atoms with Gasteiger partial charge in [-0.1, -0.05) is 41.9 Å². The van der Waals surface area contributed by atoms with Gasteiger partial charge in [0.15, 0.2) is 21.8 Å². The summed E-state index contributed by atoms with van der Waals surface area (Å²) >= 11 is 9.29. The average molecular weight is 706 g/mol. The summed E-state index contributed by atoms with van der Waals surface area (Å²) in [5, 5.41) is 8.45. The van der Waals surface area contributed by atoms with Crippen LogP contribution >= 0.6 is 34.3 Å². The van der Waals surface area contributed by atoms with E-state index in [1.807, 2.05) is 27.8 Å². The van der Waals surface area contributed by atoms with Gasteiger partial charge in [0.1, 0.15) is 11.9 Å². The maximum Gasteiger partial charge on any atom is 0.338 e.